The molecule has 4 nitrogen and oxygen atoms in total. The average molecular weight is 839 g/mol. The number of fused-ring (bicyclic) bond motifs is 1. The minimum absolute atomic E-state index is 0.282. The number of benzene rings is 4. The van der Waals surface area contributed by atoms with Crippen LogP contribution in [0.3, 0.4) is 0 Å². The van der Waals surface area contributed by atoms with Crippen LogP contribution in [0, 0.1) is 0 Å². The molecule has 0 amide bonds. The number of allylic oxidation sites excluding steroid dienone is 11. The summed E-state index contributed by atoms with van der Waals surface area (Å²) in [7, 11) is 8.09. The Morgan fingerprint density at radius 2 is 1.51 bits per heavy atom. The number of phenols is 1. The first-order chi connectivity index (χ1) is 23.8. The van der Waals surface area contributed by atoms with E-state index in [9.17, 15) is 5.11 Å². The van der Waals surface area contributed by atoms with Crippen LogP contribution in [-0.4, -0.2) is 59.1 Å². The molecule has 0 fully saturated rings. The maximum atomic E-state index is 11.2. The number of ether oxygens (including phenoxy) is 1. The van der Waals surface area contributed by atoms with E-state index < -0.39 is 0 Å². The van der Waals surface area contributed by atoms with Crippen molar-refractivity contribution in [1.29, 1.82) is 0 Å². The molecule has 1 aliphatic heterocycles. The normalized spacial score (nSPS) is 16.5. The van der Waals surface area contributed by atoms with Crippen molar-refractivity contribution in [2.75, 3.05) is 38.0 Å². The molecule has 0 aromatic heterocycles. The van der Waals surface area contributed by atoms with E-state index in [1.54, 1.807) is 0 Å². The van der Waals surface area contributed by atoms with Gasteiger partial charge >= 0.3 is 213 Å². The van der Waals surface area contributed by atoms with Gasteiger partial charge in [0.25, 0.3) is 0 Å². The van der Waals surface area contributed by atoms with Crippen LogP contribution >= 0.6 is 0 Å². The molecule has 0 saturated carbocycles. The van der Waals surface area contributed by atoms with E-state index in [1.807, 2.05) is 37.2 Å². The molecular weight excluding hydrogens is 796 g/mol. The van der Waals surface area contributed by atoms with Gasteiger partial charge in [0, 0.05) is 25.8 Å². The number of anilines is 2. The third-order valence-corrected chi connectivity index (χ3v) is 9.99. The van der Waals surface area contributed by atoms with Crippen molar-refractivity contribution in [1.82, 2.24) is 0 Å². The van der Waals surface area contributed by atoms with Gasteiger partial charge in [0.15, 0.2) is 0 Å². The fourth-order valence-corrected chi connectivity index (χ4v) is 7.42. The maximum Gasteiger partial charge on any atom is 0.125 e. The van der Waals surface area contributed by atoms with E-state index in [1.165, 1.54) is 33.4 Å². The average Bonchev–Trinajstić information content (AvgIpc) is 3.11. The molecule has 4 aromatic rings. The Labute approximate surface area is 307 Å². The van der Waals surface area contributed by atoms with Gasteiger partial charge in [-0.3, -0.25) is 0 Å². The van der Waals surface area contributed by atoms with Gasteiger partial charge in [-0.15, -0.1) is 0 Å². The van der Waals surface area contributed by atoms with Crippen molar-refractivity contribution in [2.24, 2.45) is 0 Å². The van der Waals surface area contributed by atoms with Crippen LogP contribution in [0.2, 0.25) is 0 Å². The summed E-state index contributed by atoms with van der Waals surface area (Å²) < 4.78 is 7.23. The topological polar surface area (TPSA) is 35.9 Å². The monoisotopic (exact) mass is 839 g/mol. The van der Waals surface area contributed by atoms with Gasteiger partial charge < -0.3 is 10.0 Å². The molecule has 6 rings (SSSR count). The van der Waals surface area contributed by atoms with Crippen LogP contribution in [0.1, 0.15) is 41.5 Å². The standard InChI is InChI=1S/C44H43N2O2.Pb/c1-45(2)38-24-26-40(42(47)30-38)33(19-18-32-12-7-5-8-13-32)20-22-36-16-11-17-37(44(36)35-14-9-6-10-15-35)23-21-34-28-29-48-43-31-39(46(3)4)25-27-41(34)43;/h5-10,12-15,19-28,30-31,47H,11,16-18H2,1-4H3;/b22-20+,33-19-,34-21+,37-23+;. The quantitative estimate of drug-likeness (QED) is 0.135. The van der Waals surface area contributed by atoms with Gasteiger partial charge in [-0.25, -0.2) is 0 Å². The molecule has 3 radical (unpaired) electrons. The Hall–Kier alpha value is -4.56. The number of hydrogen-bond acceptors (Lipinski definition) is 4. The van der Waals surface area contributed by atoms with Crippen molar-refractivity contribution in [2.45, 2.75) is 25.7 Å². The summed E-state index contributed by atoms with van der Waals surface area (Å²) in [5, 5.41) is 11.2. The number of rotatable bonds is 9. The number of nitrogens with zero attached hydrogens (tertiary/aromatic N) is 2. The predicted molar refractivity (Wildman–Crippen MR) is 208 cm³/mol. The minimum atomic E-state index is 0.282. The number of hydrogen-bond donors (Lipinski definition) is 1. The van der Waals surface area contributed by atoms with Gasteiger partial charge in [-0.2, -0.15) is 0 Å². The molecule has 1 aliphatic carbocycles. The Kier molecular flexibility index (Phi) is 11.0. The second-order valence-corrected chi connectivity index (χ2v) is 14.8. The molecular formula is C44H43N2O2Pb. The Morgan fingerprint density at radius 3 is 2.22 bits per heavy atom. The Balaban J connectivity index is 1.42. The van der Waals surface area contributed by atoms with Crippen LogP contribution in [0.25, 0.3) is 16.7 Å². The molecule has 4 aromatic carbocycles. The van der Waals surface area contributed by atoms with Gasteiger partial charge in [-0.1, -0.05) is 30.3 Å². The van der Waals surface area contributed by atoms with Crippen LogP contribution < -0.4 is 14.5 Å². The van der Waals surface area contributed by atoms with E-state index in [0.717, 1.165) is 88.6 Å². The van der Waals surface area contributed by atoms with Crippen LogP contribution in [0.15, 0.2) is 148 Å². The maximum absolute atomic E-state index is 11.2. The molecule has 1 N–H and O–H groups in total. The molecule has 0 saturated heterocycles. The molecule has 5 heteroatoms. The summed E-state index contributed by atoms with van der Waals surface area (Å²) in [6.07, 6.45) is 17.3. The number of phenolic OH excluding ortho intramolecular Hbond substituents is 1. The summed E-state index contributed by atoms with van der Waals surface area (Å²) in [5.74, 6) is 1.20. The molecule has 1 heterocycles. The largest absolute Gasteiger partial charge is 0.507 e. The van der Waals surface area contributed by atoms with Gasteiger partial charge in [0.05, 0.1) is 0 Å². The summed E-state index contributed by atoms with van der Waals surface area (Å²) in [6.45, 7) is 0. The summed E-state index contributed by atoms with van der Waals surface area (Å²) in [4.78, 5) is 4.12. The van der Waals surface area contributed by atoms with E-state index in [4.69, 9.17) is 4.74 Å². The Bertz CT molecular complexity index is 2000. The van der Waals surface area contributed by atoms with Gasteiger partial charge in [0.2, 0.25) is 0 Å². The third kappa shape index (κ3) is 8.36. The summed E-state index contributed by atoms with van der Waals surface area (Å²) >= 11 is 0.838. The zero-order valence-corrected chi connectivity index (χ0v) is 32.7. The molecule has 2 aliphatic rings. The first kappa shape index (κ1) is 34.3. The van der Waals surface area contributed by atoms with E-state index in [0.29, 0.717) is 0 Å². The second kappa shape index (κ2) is 15.8. The molecule has 0 bridgehead atoms. The van der Waals surface area contributed by atoms with Crippen LogP contribution in [0.5, 0.6) is 11.5 Å². The van der Waals surface area contributed by atoms with E-state index in [2.05, 4.69) is 134 Å². The van der Waals surface area contributed by atoms with E-state index >= 15 is 0 Å². The van der Waals surface area contributed by atoms with Gasteiger partial charge in [0.1, 0.15) is 5.75 Å². The SMILES string of the molecule is CN(C)c1ccc(C(=C\Cc2ccccc2)/C=C/C2=C(c3ccccc3)C(=C/C=C3\C=[C]([Pb])Oc4cc(N(C)C)ccc43)/CCC2)c(O)c1. The first-order valence-electron chi connectivity index (χ1n) is 16.8. The van der Waals surface area contributed by atoms with Crippen molar-refractivity contribution in [3.63, 3.8) is 0 Å². The van der Waals surface area contributed by atoms with Crippen LogP contribution in [0.4, 0.5) is 11.4 Å². The zero-order valence-electron chi connectivity index (χ0n) is 28.8. The van der Waals surface area contributed by atoms with Crippen molar-refractivity contribution in [3.05, 3.63) is 170 Å². The summed E-state index contributed by atoms with van der Waals surface area (Å²) in [5.41, 5.74) is 12.6. The van der Waals surface area contributed by atoms with E-state index in [-0.39, 0.29) is 5.75 Å². The van der Waals surface area contributed by atoms with Gasteiger partial charge in [-0.05, 0) is 24.1 Å². The Morgan fingerprint density at radius 1 is 0.816 bits per heavy atom. The van der Waals surface area contributed by atoms with Crippen LogP contribution in [-0.2, 0) is 6.42 Å². The molecule has 49 heavy (non-hydrogen) atoms. The molecule has 0 unspecified atom stereocenters. The van der Waals surface area contributed by atoms with Crippen molar-refractivity contribution >= 4 is 53.9 Å². The summed E-state index contributed by atoms with van der Waals surface area (Å²) in [6, 6.07) is 33.6. The molecule has 0 spiro atoms. The molecule has 245 valence electrons. The fourth-order valence-electron chi connectivity index (χ4n) is 6.38. The second-order valence-electron chi connectivity index (χ2n) is 12.9. The predicted octanol–water partition coefficient (Wildman–Crippen LogP) is 9.76. The van der Waals surface area contributed by atoms with Crippen molar-refractivity contribution in [3.8, 4) is 11.5 Å². The van der Waals surface area contributed by atoms with Crippen molar-refractivity contribution < 1.29 is 9.84 Å². The third-order valence-electron chi connectivity index (χ3n) is 9.03. The fraction of sp³-hybridized carbons (Fsp3) is 0.182. The molecule has 0 atom stereocenters. The number of aromatic hydroxyl groups is 1. The smallest absolute Gasteiger partial charge is 0.125 e. The zero-order chi connectivity index (χ0) is 34.3. The first-order valence-corrected chi connectivity index (χ1v) is 18.8. The minimum Gasteiger partial charge on any atom is -0.507 e.